The van der Waals surface area contributed by atoms with Crippen LogP contribution in [0.15, 0.2) is 29.6 Å². The van der Waals surface area contributed by atoms with E-state index < -0.39 is 0 Å². The largest absolute Gasteiger partial charge is 0.366 e. The number of rotatable bonds is 2. The van der Waals surface area contributed by atoms with Crippen LogP contribution in [0.1, 0.15) is 16.0 Å². The summed E-state index contributed by atoms with van der Waals surface area (Å²) in [7, 11) is 0. The van der Waals surface area contributed by atoms with E-state index in [1.807, 2.05) is 17.4 Å². The lowest BCUT2D eigenvalue weighted by Crippen LogP contribution is -2.30. The van der Waals surface area contributed by atoms with E-state index in [1.165, 1.54) is 16.5 Å². The van der Waals surface area contributed by atoms with Crippen molar-refractivity contribution < 1.29 is 4.39 Å². The van der Waals surface area contributed by atoms with Crippen molar-refractivity contribution in [1.29, 1.82) is 0 Å². The lowest BCUT2D eigenvalue weighted by molar-refractivity contribution is 0.614. The predicted molar refractivity (Wildman–Crippen MR) is 75.0 cm³/mol. The van der Waals surface area contributed by atoms with Gasteiger partial charge in [0.15, 0.2) is 0 Å². The van der Waals surface area contributed by atoms with E-state index >= 15 is 0 Å². The summed E-state index contributed by atoms with van der Waals surface area (Å²) in [6, 6.07) is 7.34. The van der Waals surface area contributed by atoms with Crippen LogP contribution in [0, 0.1) is 5.82 Å². The predicted octanol–water partition coefficient (Wildman–Crippen LogP) is 4.19. The molecule has 0 spiro atoms. The van der Waals surface area contributed by atoms with Crippen LogP contribution in [0.5, 0.6) is 0 Å². The van der Waals surface area contributed by atoms with E-state index in [4.69, 9.17) is 11.6 Å². The Bertz CT molecular complexity index is 567. The van der Waals surface area contributed by atoms with E-state index in [-0.39, 0.29) is 11.7 Å². The molecule has 0 radical (unpaired) electrons. The lowest BCUT2D eigenvalue weighted by atomic mass is 10.1. The molecule has 0 fully saturated rings. The van der Waals surface area contributed by atoms with Crippen LogP contribution in [0.2, 0.25) is 0 Å². The fourth-order valence-electron chi connectivity index (χ4n) is 2.43. The van der Waals surface area contributed by atoms with Gasteiger partial charge in [0.25, 0.3) is 0 Å². The van der Waals surface area contributed by atoms with E-state index in [0.717, 1.165) is 25.2 Å². The number of hydrogen-bond donors (Lipinski definition) is 0. The Labute approximate surface area is 115 Å². The highest BCUT2D eigenvalue weighted by atomic mass is 35.5. The lowest BCUT2D eigenvalue weighted by Gasteiger charge is -2.30. The molecule has 0 bridgehead atoms. The van der Waals surface area contributed by atoms with Crippen molar-refractivity contribution in [3.8, 4) is 0 Å². The second-order valence-electron chi connectivity index (χ2n) is 4.41. The average molecular weight is 282 g/mol. The van der Waals surface area contributed by atoms with Crippen molar-refractivity contribution in [3.05, 3.63) is 51.5 Å². The van der Waals surface area contributed by atoms with E-state index in [0.29, 0.717) is 5.56 Å². The topological polar surface area (TPSA) is 3.24 Å². The van der Waals surface area contributed by atoms with Gasteiger partial charge < -0.3 is 4.90 Å². The molecule has 2 aromatic rings. The molecule has 0 aliphatic carbocycles. The standard InChI is InChI=1S/C14H13ClFNS/c15-8-11-12(16)2-1-3-13(11)17-6-4-14-10(9-17)5-7-18-14/h1-3,5,7H,4,6,8-9H2. The molecule has 3 rings (SSSR count). The number of thiophene rings is 1. The van der Waals surface area contributed by atoms with Crippen LogP contribution in [0.3, 0.4) is 0 Å². The Balaban J connectivity index is 1.95. The Hall–Kier alpha value is -1.06. The summed E-state index contributed by atoms with van der Waals surface area (Å²) >= 11 is 7.68. The molecular weight excluding hydrogens is 269 g/mol. The van der Waals surface area contributed by atoms with Gasteiger partial charge in [0.1, 0.15) is 5.82 Å². The van der Waals surface area contributed by atoms with Gasteiger partial charge in [-0.15, -0.1) is 22.9 Å². The molecular formula is C14H13ClFNS. The minimum atomic E-state index is -0.210. The second kappa shape index (κ2) is 4.90. The number of anilines is 1. The zero-order chi connectivity index (χ0) is 12.5. The third-order valence-electron chi connectivity index (χ3n) is 3.38. The van der Waals surface area contributed by atoms with Gasteiger partial charge in [-0.3, -0.25) is 0 Å². The van der Waals surface area contributed by atoms with Gasteiger partial charge in [-0.1, -0.05) is 6.07 Å². The van der Waals surface area contributed by atoms with Crippen LogP contribution >= 0.6 is 22.9 Å². The first-order valence-electron chi connectivity index (χ1n) is 5.93. The van der Waals surface area contributed by atoms with Gasteiger partial charge in [-0.2, -0.15) is 0 Å². The number of fused-ring (bicyclic) bond motifs is 1. The number of nitrogens with zero attached hydrogens (tertiary/aromatic N) is 1. The van der Waals surface area contributed by atoms with Crippen molar-refractivity contribution in [3.63, 3.8) is 0 Å². The Kier molecular flexibility index (Phi) is 3.27. The van der Waals surface area contributed by atoms with Crippen LogP contribution in [-0.2, 0) is 18.8 Å². The Morgan fingerprint density at radius 3 is 3.06 bits per heavy atom. The third-order valence-corrected chi connectivity index (χ3v) is 4.67. The van der Waals surface area contributed by atoms with Crippen LogP contribution < -0.4 is 4.90 Å². The molecule has 0 unspecified atom stereocenters. The maximum absolute atomic E-state index is 13.7. The molecule has 0 amide bonds. The molecule has 0 saturated carbocycles. The first-order chi connectivity index (χ1) is 8.79. The number of halogens is 2. The monoisotopic (exact) mass is 281 g/mol. The van der Waals surface area contributed by atoms with E-state index in [9.17, 15) is 4.39 Å². The highest BCUT2D eigenvalue weighted by Crippen LogP contribution is 2.31. The first-order valence-corrected chi connectivity index (χ1v) is 7.34. The fraction of sp³-hybridized carbons (Fsp3) is 0.286. The summed E-state index contributed by atoms with van der Waals surface area (Å²) in [5.41, 5.74) is 2.90. The number of hydrogen-bond acceptors (Lipinski definition) is 2. The molecule has 0 N–H and O–H groups in total. The SMILES string of the molecule is Fc1cccc(N2CCc3sccc3C2)c1CCl. The highest BCUT2D eigenvalue weighted by Gasteiger charge is 2.20. The summed E-state index contributed by atoms with van der Waals surface area (Å²) in [4.78, 5) is 3.67. The van der Waals surface area contributed by atoms with Crippen molar-refractivity contribution in [1.82, 2.24) is 0 Å². The molecule has 0 atom stereocenters. The van der Waals surface area contributed by atoms with Gasteiger partial charge in [0.05, 0.1) is 5.88 Å². The zero-order valence-electron chi connectivity index (χ0n) is 9.83. The maximum atomic E-state index is 13.7. The van der Waals surface area contributed by atoms with Crippen LogP contribution in [-0.4, -0.2) is 6.54 Å². The summed E-state index contributed by atoms with van der Waals surface area (Å²) < 4.78 is 13.7. The van der Waals surface area contributed by atoms with Crippen LogP contribution in [0.4, 0.5) is 10.1 Å². The Morgan fingerprint density at radius 2 is 2.22 bits per heavy atom. The summed E-state index contributed by atoms with van der Waals surface area (Å²) in [5.74, 6) is 0.00765. The van der Waals surface area contributed by atoms with Gasteiger partial charge >= 0.3 is 0 Å². The molecule has 0 saturated heterocycles. The van der Waals surface area contributed by atoms with Crippen molar-refractivity contribution in [2.75, 3.05) is 11.4 Å². The molecule has 1 aromatic heterocycles. The first kappa shape index (κ1) is 12.0. The number of alkyl halides is 1. The molecule has 18 heavy (non-hydrogen) atoms. The van der Waals surface area contributed by atoms with Crippen molar-refractivity contribution in [2.24, 2.45) is 0 Å². The van der Waals surface area contributed by atoms with Gasteiger partial charge in [-0.25, -0.2) is 4.39 Å². The quantitative estimate of drug-likeness (QED) is 0.746. The molecule has 4 heteroatoms. The third kappa shape index (κ3) is 2.02. The van der Waals surface area contributed by atoms with Gasteiger partial charge in [0.2, 0.25) is 0 Å². The molecule has 1 nitrogen and oxygen atoms in total. The van der Waals surface area contributed by atoms with E-state index in [1.54, 1.807) is 6.07 Å². The summed E-state index contributed by atoms with van der Waals surface area (Å²) in [6.45, 7) is 1.78. The zero-order valence-corrected chi connectivity index (χ0v) is 11.4. The molecule has 94 valence electrons. The maximum Gasteiger partial charge on any atom is 0.129 e. The van der Waals surface area contributed by atoms with Gasteiger partial charge in [-0.05, 0) is 35.6 Å². The molecule has 2 heterocycles. The Morgan fingerprint density at radius 1 is 1.33 bits per heavy atom. The van der Waals surface area contributed by atoms with Crippen LogP contribution in [0.25, 0.3) is 0 Å². The molecule has 1 aromatic carbocycles. The minimum absolute atomic E-state index is 0.210. The van der Waals surface area contributed by atoms with Crippen molar-refractivity contribution >= 4 is 28.6 Å². The number of benzene rings is 1. The average Bonchev–Trinajstić information content (AvgIpc) is 2.85. The fourth-order valence-corrected chi connectivity index (χ4v) is 3.58. The minimum Gasteiger partial charge on any atom is -0.366 e. The summed E-state index contributed by atoms with van der Waals surface area (Å²) in [5, 5.41) is 2.13. The second-order valence-corrected chi connectivity index (χ2v) is 5.68. The molecule has 1 aliphatic heterocycles. The van der Waals surface area contributed by atoms with Gasteiger partial charge in [0, 0.05) is 29.2 Å². The van der Waals surface area contributed by atoms with E-state index in [2.05, 4.69) is 16.3 Å². The molecule has 1 aliphatic rings. The normalized spacial score (nSPS) is 14.7. The highest BCUT2D eigenvalue weighted by molar-refractivity contribution is 7.10. The smallest absolute Gasteiger partial charge is 0.129 e. The van der Waals surface area contributed by atoms with Crippen molar-refractivity contribution in [2.45, 2.75) is 18.8 Å². The summed E-state index contributed by atoms with van der Waals surface area (Å²) in [6.07, 6.45) is 1.03.